The summed E-state index contributed by atoms with van der Waals surface area (Å²) in [5.74, 6) is 0. The number of aryl methyl sites for hydroxylation is 1. The average molecular weight is 322 g/mol. The molecule has 0 saturated carbocycles. The molecule has 128 valence electrons. The van der Waals surface area contributed by atoms with Gasteiger partial charge in [-0.05, 0) is 62.4 Å². The van der Waals surface area contributed by atoms with Crippen LogP contribution in [0.1, 0.15) is 45.2 Å². The van der Waals surface area contributed by atoms with Gasteiger partial charge in [0, 0.05) is 36.7 Å². The van der Waals surface area contributed by atoms with Crippen LogP contribution in [0.4, 0.5) is 17.1 Å². The number of anilines is 3. The first-order valence-corrected chi connectivity index (χ1v) is 9.01. The van der Waals surface area contributed by atoms with Gasteiger partial charge >= 0.3 is 0 Å². The van der Waals surface area contributed by atoms with Crippen LogP contribution in [0.2, 0.25) is 0 Å². The Bertz CT molecular complexity index is 713. The highest BCUT2D eigenvalue weighted by molar-refractivity contribution is 5.71. The molecule has 2 aromatic carbocycles. The van der Waals surface area contributed by atoms with E-state index in [1.807, 2.05) is 0 Å². The summed E-state index contributed by atoms with van der Waals surface area (Å²) < 4.78 is 0. The molecule has 0 fully saturated rings. The maximum atomic E-state index is 2.55. The Balaban J connectivity index is 2.02. The number of rotatable bonds is 3. The van der Waals surface area contributed by atoms with Crippen LogP contribution in [0, 0.1) is 6.92 Å². The number of benzene rings is 2. The number of fused-ring (bicyclic) bond motifs is 1. The highest BCUT2D eigenvalue weighted by atomic mass is 15.2. The van der Waals surface area contributed by atoms with Gasteiger partial charge in [-0.3, -0.25) is 0 Å². The van der Waals surface area contributed by atoms with Crippen molar-refractivity contribution < 1.29 is 0 Å². The van der Waals surface area contributed by atoms with E-state index in [0.717, 1.165) is 6.54 Å². The summed E-state index contributed by atoms with van der Waals surface area (Å²) in [7, 11) is 2.15. The van der Waals surface area contributed by atoms with Gasteiger partial charge in [-0.25, -0.2) is 0 Å². The number of hydrogen-bond acceptors (Lipinski definition) is 2. The zero-order valence-corrected chi connectivity index (χ0v) is 15.9. The molecule has 1 heterocycles. The van der Waals surface area contributed by atoms with Gasteiger partial charge < -0.3 is 9.80 Å². The van der Waals surface area contributed by atoms with Gasteiger partial charge in [0.15, 0.2) is 0 Å². The first kappa shape index (κ1) is 16.9. The Kier molecular flexibility index (Phi) is 4.33. The molecule has 0 saturated heterocycles. The van der Waals surface area contributed by atoms with Crippen LogP contribution in [-0.2, 0) is 5.41 Å². The lowest BCUT2D eigenvalue weighted by molar-refractivity contribution is 0.442. The van der Waals surface area contributed by atoms with E-state index in [9.17, 15) is 0 Å². The Morgan fingerprint density at radius 3 is 2.25 bits per heavy atom. The van der Waals surface area contributed by atoms with E-state index in [1.165, 1.54) is 34.6 Å². The van der Waals surface area contributed by atoms with Gasteiger partial charge in [0.05, 0.1) is 0 Å². The summed E-state index contributed by atoms with van der Waals surface area (Å²) in [5, 5.41) is 0. The van der Waals surface area contributed by atoms with Gasteiger partial charge in [0.25, 0.3) is 0 Å². The molecule has 24 heavy (non-hydrogen) atoms. The average Bonchev–Trinajstić information content (AvgIpc) is 2.54. The second kappa shape index (κ2) is 6.16. The molecule has 0 amide bonds. The van der Waals surface area contributed by atoms with Crippen molar-refractivity contribution in [1.82, 2.24) is 0 Å². The molecular formula is C22H30N2. The summed E-state index contributed by atoms with van der Waals surface area (Å²) >= 11 is 0. The topological polar surface area (TPSA) is 6.48 Å². The summed E-state index contributed by atoms with van der Waals surface area (Å²) in [6, 6.07) is 16.2. The lowest BCUT2D eigenvalue weighted by Crippen LogP contribution is -2.41. The van der Waals surface area contributed by atoms with Crippen molar-refractivity contribution >= 4 is 17.1 Å². The highest BCUT2D eigenvalue weighted by Crippen LogP contribution is 2.42. The SMILES string of the molecule is Cc1ccc(N(C)c2ccc3c(c2)N(C(C)C)CCC3(C)C)cc1. The molecule has 2 nitrogen and oxygen atoms in total. The number of nitrogens with zero attached hydrogens (tertiary/aromatic N) is 2. The maximum Gasteiger partial charge on any atom is 0.0429 e. The fourth-order valence-corrected chi connectivity index (χ4v) is 3.65. The molecule has 0 unspecified atom stereocenters. The Hall–Kier alpha value is -1.96. The molecule has 0 N–H and O–H groups in total. The Morgan fingerprint density at radius 2 is 1.62 bits per heavy atom. The molecule has 2 heteroatoms. The third-order valence-corrected chi connectivity index (χ3v) is 5.43. The summed E-state index contributed by atoms with van der Waals surface area (Å²) in [6.07, 6.45) is 1.21. The minimum Gasteiger partial charge on any atom is -0.369 e. The smallest absolute Gasteiger partial charge is 0.0429 e. The van der Waals surface area contributed by atoms with Crippen LogP contribution in [0.25, 0.3) is 0 Å². The van der Waals surface area contributed by atoms with Gasteiger partial charge in [-0.1, -0.05) is 37.6 Å². The van der Waals surface area contributed by atoms with Crippen LogP contribution >= 0.6 is 0 Å². The molecule has 1 aliphatic rings. The lowest BCUT2D eigenvalue weighted by atomic mass is 9.77. The molecule has 0 atom stereocenters. The van der Waals surface area contributed by atoms with Crippen molar-refractivity contribution in [3.8, 4) is 0 Å². The maximum absolute atomic E-state index is 2.55. The van der Waals surface area contributed by atoms with Crippen LogP contribution in [0.3, 0.4) is 0 Å². The van der Waals surface area contributed by atoms with Gasteiger partial charge in [-0.15, -0.1) is 0 Å². The van der Waals surface area contributed by atoms with Crippen molar-refractivity contribution in [2.24, 2.45) is 0 Å². The molecule has 3 rings (SSSR count). The second-order valence-corrected chi connectivity index (χ2v) is 8.02. The lowest BCUT2D eigenvalue weighted by Gasteiger charge is -2.43. The van der Waals surface area contributed by atoms with Crippen molar-refractivity contribution in [2.75, 3.05) is 23.4 Å². The van der Waals surface area contributed by atoms with E-state index < -0.39 is 0 Å². The quantitative estimate of drug-likeness (QED) is 0.719. The van der Waals surface area contributed by atoms with Crippen molar-refractivity contribution in [1.29, 1.82) is 0 Å². The minimum absolute atomic E-state index is 0.252. The summed E-state index contributed by atoms with van der Waals surface area (Å²) in [5.41, 5.74) is 6.90. The van der Waals surface area contributed by atoms with Crippen molar-refractivity contribution in [3.05, 3.63) is 53.6 Å². The van der Waals surface area contributed by atoms with Gasteiger partial charge in [-0.2, -0.15) is 0 Å². The highest BCUT2D eigenvalue weighted by Gasteiger charge is 2.32. The van der Waals surface area contributed by atoms with E-state index in [4.69, 9.17) is 0 Å². The van der Waals surface area contributed by atoms with E-state index in [2.05, 4.69) is 93.9 Å². The largest absolute Gasteiger partial charge is 0.369 e. The molecule has 0 spiro atoms. The minimum atomic E-state index is 0.252. The van der Waals surface area contributed by atoms with Gasteiger partial charge in [0.1, 0.15) is 0 Å². The third kappa shape index (κ3) is 3.02. The fourth-order valence-electron chi connectivity index (χ4n) is 3.65. The van der Waals surface area contributed by atoms with Crippen molar-refractivity contribution in [3.63, 3.8) is 0 Å². The third-order valence-electron chi connectivity index (χ3n) is 5.43. The molecule has 0 radical (unpaired) electrons. The zero-order chi connectivity index (χ0) is 17.5. The standard InChI is InChI=1S/C22H30N2/c1-16(2)24-14-13-22(4,5)20-12-11-19(15-21(20)24)23(6)18-9-7-17(3)8-10-18/h7-12,15-16H,13-14H2,1-6H3. The van der Waals surface area contributed by atoms with Gasteiger partial charge in [0.2, 0.25) is 0 Å². The van der Waals surface area contributed by atoms with Crippen LogP contribution in [0.5, 0.6) is 0 Å². The number of hydrogen-bond donors (Lipinski definition) is 0. The molecule has 0 bridgehead atoms. The molecule has 0 aromatic heterocycles. The predicted octanol–water partition coefficient (Wildman–Crippen LogP) is 5.66. The molecule has 2 aromatic rings. The van der Waals surface area contributed by atoms with E-state index in [0.29, 0.717) is 6.04 Å². The Morgan fingerprint density at radius 1 is 1.00 bits per heavy atom. The second-order valence-electron chi connectivity index (χ2n) is 8.02. The zero-order valence-electron chi connectivity index (χ0n) is 15.9. The molecule has 1 aliphatic heterocycles. The fraction of sp³-hybridized carbons (Fsp3) is 0.455. The van der Waals surface area contributed by atoms with Crippen LogP contribution in [0.15, 0.2) is 42.5 Å². The van der Waals surface area contributed by atoms with Crippen molar-refractivity contribution in [2.45, 2.75) is 52.5 Å². The van der Waals surface area contributed by atoms with Crippen LogP contribution in [-0.4, -0.2) is 19.6 Å². The van der Waals surface area contributed by atoms with E-state index in [-0.39, 0.29) is 5.41 Å². The Labute approximate surface area is 147 Å². The summed E-state index contributed by atoms with van der Waals surface area (Å²) in [6.45, 7) is 12.6. The first-order chi connectivity index (χ1) is 11.3. The van der Waals surface area contributed by atoms with E-state index >= 15 is 0 Å². The predicted molar refractivity (Wildman–Crippen MR) is 106 cm³/mol. The van der Waals surface area contributed by atoms with Crippen LogP contribution < -0.4 is 9.80 Å². The summed E-state index contributed by atoms with van der Waals surface area (Å²) in [4.78, 5) is 4.83. The first-order valence-electron chi connectivity index (χ1n) is 9.01. The molecule has 0 aliphatic carbocycles. The monoisotopic (exact) mass is 322 g/mol. The molecular weight excluding hydrogens is 292 g/mol. The normalized spacial score (nSPS) is 16.2. The van der Waals surface area contributed by atoms with E-state index in [1.54, 1.807) is 0 Å².